The first-order valence-electron chi connectivity index (χ1n) is 9.83. The lowest BCUT2D eigenvalue weighted by atomic mass is 9.99. The van der Waals surface area contributed by atoms with E-state index in [1.165, 1.54) is 12.1 Å². The van der Waals surface area contributed by atoms with Crippen molar-refractivity contribution in [3.05, 3.63) is 53.4 Å². The van der Waals surface area contributed by atoms with Gasteiger partial charge in [0, 0.05) is 43.5 Å². The Hall–Kier alpha value is -3.00. The summed E-state index contributed by atoms with van der Waals surface area (Å²) in [5.41, 5.74) is 1.94. The van der Waals surface area contributed by atoms with Crippen LogP contribution in [0.1, 0.15) is 40.8 Å². The third-order valence-corrected chi connectivity index (χ3v) is 5.27. The molecule has 1 saturated heterocycles. The zero-order valence-electron chi connectivity index (χ0n) is 16.6. The molecule has 3 aromatic rings. The number of rotatable bonds is 5. The van der Waals surface area contributed by atoms with Gasteiger partial charge in [0.1, 0.15) is 23.2 Å². The summed E-state index contributed by atoms with van der Waals surface area (Å²) in [5, 5.41) is 7.15. The Kier molecular flexibility index (Phi) is 5.44. The predicted octanol–water partition coefficient (Wildman–Crippen LogP) is 2.88. The maximum absolute atomic E-state index is 13.4. The number of nitrogens with zero attached hydrogens (tertiary/aromatic N) is 3. The maximum atomic E-state index is 13.4. The van der Waals surface area contributed by atoms with Crippen LogP contribution >= 0.6 is 0 Å². The lowest BCUT2D eigenvalue weighted by Crippen LogP contribution is -2.30. The normalized spacial score (nSPS) is 16.7. The van der Waals surface area contributed by atoms with Gasteiger partial charge in [-0.15, -0.1) is 0 Å². The first kappa shape index (κ1) is 19.3. The van der Waals surface area contributed by atoms with Crippen LogP contribution in [0.25, 0.3) is 10.9 Å². The fourth-order valence-corrected chi connectivity index (χ4v) is 3.72. The van der Waals surface area contributed by atoms with Gasteiger partial charge in [0.2, 0.25) is 0 Å². The number of carbonyl (C=O) groups is 1. The largest absolute Gasteiger partial charge is 0.373 e. The second-order valence-corrected chi connectivity index (χ2v) is 7.47. The van der Waals surface area contributed by atoms with Crippen molar-refractivity contribution >= 4 is 22.6 Å². The molecule has 3 heterocycles. The average molecular weight is 396 g/mol. The molecule has 1 atom stereocenters. The van der Waals surface area contributed by atoms with Crippen molar-refractivity contribution in [2.75, 3.05) is 32.5 Å². The molecule has 1 amide bonds. The van der Waals surface area contributed by atoms with Gasteiger partial charge in [-0.2, -0.15) is 0 Å². The second kappa shape index (κ2) is 8.16. The van der Waals surface area contributed by atoms with Crippen LogP contribution in [0.4, 0.5) is 10.2 Å². The highest BCUT2D eigenvalue weighted by Gasteiger charge is 2.21. The lowest BCUT2D eigenvalue weighted by Gasteiger charge is -2.23. The van der Waals surface area contributed by atoms with Gasteiger partial charge in [0.05, 0.1) is 12.2 Å². The number of aromatic nitrogens is 3. The summed E-state index contributed by atoms with van der Waals surface area (Å²) >= 11 is 0. The highest BCUT2D eigenvalue weighted by molar-refractivity contribution is 5.97. The van der Waals surface area contributed by atoms with Gasteiger partial charge in [-0.05, 0) is 43.7 Å². The van der Waals surface area contributed by atoms with Crippen LogP contribution in [0.3, 0.4) is 0 Å². The van der Waals surface area contributed by atoms with E-state index in [0.717, 1.165) is 48.8 Å². The number of fused-ring (bicyclic) bond motifs is 1. The molecule has 0 bridgehead atoms. The second-order valence-electron chi connectivity index (χ2n) is 7.47. The van der Waals surface area contributed by atoms with Crippen LogP contribution in [0.5, 0.6) is 0 Å². The van der Waals surface area contributed by atoms with E-state index in [0.29, 0.717) is 17.6 Å². The fourth-order valence-electron chi connectivity index (χ4n) is 3.72. The van der Waals surface area contributed by atoms with E-state index in [9.17, 15) is 9.18 Å². The molecule has 2 aromatic heterocycles. The van der Waals surface area contributed by atoms with Crippen LogP contribution in [0, 0.1) is 5.82 Å². The number of benzene rings is 1. The molecule has 1 aliphatic heterocycles. The Morgan fingerprint density at radius 2 is 2.17 bits per heavy atom. The molecule has 0 aliphatic carbocycles. The Morgan fingerprint density at radius 1 is 1.31 bits per heavy atom. The summed E-state index contributed by atoms with van der Waals surface area (Å²) in [7, 11) is 3.56. The molecule has 1 aromatic carbocycles. The summed E-state index contributed by atoms with van der Waals surface area (Å²) in [6.07, 6.45) is 2.16. The molecular formula is C21H25FN6O. The fraction of sp³-hybridized carbons (Fsp3) is 0.381. The minimum absolute atomic E-state index is 0.174. The van der Waals surface area contributed by atoms with E-state index in [1.807, 2.05) is 13.1 Å². The minimum Gasteiger partial charge on any atom is -0.373 e. The number of aromatic amines is 1. The number of carbonyl (C=O) groups excluding carboxylic acids is 1. The van der Waals surface area contributed by atoms with Crippen molar-refractivity contribution in [1.82, 2.24) is 25.2 Å². The van der Waals surface area contributed by atoms with E-state index < -0.39 is 0 Å². The Balaban J connectivity index is 1.54. The van der Waals surface area contributed by atoms with E-state index in [4.69, 9.17) is 4.98 Å². The average Bonchev–Trinajstić information content (AvgIpc) is 3.16. The van der Waals surface area contributed by atoms with Gasteiger partial charge in [-0.25, -0.2) is 14.4 Å². The van der Waals surface area contributed by atoms with Crippen molar-refractivity contribution in [1.29, 1.82) is 0 Å². The summed E-state index contributed by atoms with van der Waals surface area (Å²) in [6, 6.07) is 7.96. The molecule has 3 N–H and O–H groups in total. The molecule has 7 nitrogen and oxygen atoms in total. The predicted molar refractivity (Wildman–Crippen MR) is 110 cm³/mol. The molecule has 0 radical (unpaired) electrons. The molecule has 4 rings (SSSR count). The summed E-state index contributed by atoms with van der Waals surface area (Å²) in [6.45, 7) is 2.25. The Bertz CT molecular complexity index is 1030. The van der Waals surface area contributed by atoms with Gasteiger partial charge in [0.15, 0.2) is 0 Å². The SMILES string of the molecule is CNc1cc(CN(C)C(=O)c2cc3cc(F)ccc3[nH]2)nc([C@H]2CCCNC2)n1. The van der Waals surface area contributed by atoms with Crippen molar-refractivity contribution in [3.8, 4) is 0 Å². The number of piperidine rings is 1. The van der Waals surface area contributed by atoms with Crippen molar-refractivity contribution < 1.29 is 9.18 Å². The minimum atomic E-state index is -0.325. The van der Waals surface area contributed by atoms with E-state index in [2.05, 4.69) is 20.6 Å². The molecule has 0 spiro atoms. The van der Waals surface area contributed by atoms with Crippen LogP contribution < -0.4 is 10.6 Å². The molecule has 152 valence electrons. The quantitative estimate of drug-likeness (QED) is 0.617. The zero-order chi connectivity index (χ0) is 20.4. The number of hydrogen-bond acceptors (Lipinski definition) is 5. The standard InChI is InChI=1S/C21H25FN6O/c1-23-19-10-16(25-20(27-19)13-4-3-7-24-11-13)12-28(2)21(29)18-9-14-8-15(22)5-6-17(14)26-18/h5-6,8-10,13,24,26H,3-4,7,11-12H2,1-2H3,(H,23,25,27)/t13-/m0/s1. The number of halogens is 1. The third-order valence-electron chi connectivity index (χ3n) is 5.27. The topological polar surface area (TPSA) is 85.9 Å². The van der Waals surface area contributed by atoms with Gasteiger partial charge in [0.25, 0.3) is 5.91 Å². The molecular weight excluding hydrogens is 371 g/mol. The lowest BCUT2D eigenvalue weighted by molar-refractivity contribution is 0.0778. The van der Waals surface area contributed by atoms with Gasteiger partial charge >= 0.3 is 0 Å². The molecule has 1 aliphatic rings. The molecule has 8 heteroatoms. The van der Waals surface area contributed by atoms with Gasteiger partial charge in [-0.1, -0.05) is 0 Å². The van der Waals surface area contributed by atoms with E-state index in [-0.39, 0.29) is 17.6 Å². The van der Waals surface area contributed by atoms with Crippen LogP contribution in [-0.4, -0.2) is 52.9 Å². The molecule has 1 fully saturated rings. The first-order chi connectivity index (χ1) is 14.0. The van der Waals surface area contributed by atoms with Crippen molar-refractivity contribution in [2.45, 2.75) is 25.3 Å². The molecule has 0 unspecified atom stereocenters. The van der Waals surface area contributed by atoms with Crippen molar-refractivity contribution in [2.24, 2.45) is 0 Å². The number of amides is 1. The van der Waals surface area contributed by atoms with Crippen LogP contribution in [0.2, 0.25) is 0 Å². The maximum Gasteiger partial charge on any atom is 0.270 e. The number of H-pyrrole nitrogens is 1. The molecule has 0 saturated carbocycles. The summed E-state index contributed by atoms with van der Waals surface area (Å²) in [5.74, 6) is 1.33. The zero-order valence-corrected chi connectivity index (χ0v) is 16.6. The van der Waals surface area contributed by atoms with E-state index >= 15 is 0 Å². The van der Waals surface area contributed by atoms with Crippen LogP contribution in [-0.2, 0) is 6.54 Å². The first-order valence-corrected chi connectivity index (χ1v) is 9.83. The monoisotopic (exact) mass is 396 g/mol. The number of nitrogens with one attached hydrogen (secondary N) is 3. The van der Waals surface area contributed by atoms with Crippen LogP contribution in [0.15, 0.2) is 30.3 Å². The van der Waals surface area contributed by atoms with Gasteiger partial charge in [-0.3, -0.25) is 4.79 Å². The highest BCUT2D eigenvalue weighted by Crippen LogP contribution is 2.23. The molecule has 29 heavy (non-hydrogen) atoms. The van der Waals surface area contributed by atoms with Gasteiger partial charge < -0.3 is 20.5 Å². The summed E-state index contributed by atoms with van der Waals surface area (Å²) in [4.78, 5) is 26.9. The van der Waals surface area contributed by atoms with Crippen molar-refractivity contribution in [3.63, 3.8) is 0 Å². The number of anilines is 1. The van der Waals surface area contributed by atoms with E-state index in [1.54, 1.807) is 24.1 Å². The summed E-state index contributed by atoms with van der Waals surface area (Å²) < 4.78 is 13.4. The third kappa shape index (κ3) is 4.22. The Labute approximate surface area is 168 Å². The number of hydrogen-bond donors (Lipinski definition) is 3. The Morgan fingerprint density at radius 3 is 2.93 bits per heavy atom. The smallest absolute Gasteiger partial charge is 0.270 e. The highest BCUT2D eigenvalue weighted by atomic mass is 19.1.